The van der Waals surface area contributed by atoms with E-state index in [-0.39, 0.29) is 18.4 Å². The van der Waals surface area contributed by atoms with E-state index in [1.807, 2.05) is 32.9 Å². The van der Waals surface area contributed by atoms with Gasteiger partial charge in [0.25, 0.3) is 0 Å². The van der Waals surface area contributed by atoms with Crippen LogP contribution in [0.3, 0.4) is 0 Å². The van der Waals surface area contributed by atoms with Gasteiger partial charge in [-0.3, -0.25) is 13.9 Å². The van der Waals surface area contributed by atoms with Gasteiger partial charge in [0.15, 0.2) is 0 Å². The minimum absolute atomic E-state index is 0.0546. The molecule has 0 radical (unpaired) electrons. The SMILES string of the molecule is CCc1ccccc1N(CC(=O)N(Cc1ccc(Cl)c(Cl)c1)[C@H](C)C(=O)NCC(C)C)S(C)(=O)=O. The number of nitrogens with one attached hydrogen (secondary N) is 1. The van der Waals surface area contributed by atoms with Crippen LogP contribution in [0.2, 0.25) is 10.0 Å². The van der Waals surface area contributed by atoms with Crippen molar-refractivity contribution in [3.8, 4) is 0 Å². The number of carbonyl (C=O) groups excluding carboxylic acids is 2. The van der Waals surface area contributed by atoms with Crippen LogP contribution < -0.4 is 9.62 Å². The zero-order valence-corrected chi connectivity index (χ0v) is 23.0. The van der Waals surface area contributed by atoms with Crippen LogP contribution in [-0.2, 0) is 32.6 Å². The van der Waals surface area contributed by atoms with E-state index >= 15 is 0 Å². The summed E-state index contributed by atoms with van der Waals surface area (Å²) in [5, 5.41) is 3.54. The Hall–Kier alpha value is -2.29. The molecule has 2 aromatic carbocycles. The number of sulfonamides is 1. The topological polar surface area (TPSA) is 86.8 Å². The molecule has 2 rings (SSSR count). The standard InChI is InChI=1S/C25H33Cl2N3O4S/c1-6-20-9-7-8-10-23(20)30(35(5,33)34)16-24(31)29(18(4)25(32)28-14-17(2)3)15-19-11-12-21(26)22(27)13-19/h7-13,17-18H,6,14-16H2,1-5H3,(H,28,32)/t18-/m1/s1. The summed E-state index contributed by atoms with van der Waals surface area (Å²) in [6.07, 6.45) is 1.66. The summed E-state index contributed by atoms with van der Waals surface area (Å²) in [5.74, 6) is -0.608. The predicted molar refractivity (Wildman–Crippen MR) is 142 cm³/mol. The largest absolute Gasteiger partial charge is 0.354 e. The van der Waals surface area contributed by atoms with Gasteiger partial charge in [-0.2, -0.15) is 0 Å². The summed E-state index contributed by atoms with van der Waals surface area (Å²) in [6, 6.07) is 11.2. The summed E-state index contributed by atoms with van der Waals surface area (Å²) in [7, 11) is -3.79. The second kappa shape index (κ2) is 12.6. The molecular formula is C25H33Cl2N3O4S. The number of rotatable bonds is 11. The molecule has 0 fully saturated rings. The third-order valence-corrected chi connectivity index (χ3v) is 7.37. The van der Waals surface area contributed by atoms with E-state index in [0.29, 0.717) is 34.3 Å². The van der Waals surface area contributed by atoms with Crippen molar-refractivity contribution in [2.24, 2.45) is 5.92 Å². The smallest absolute Gasteiger partial charge is 0.244 e. The first-order valence-corrected chi connectivity index (χ1v) is 14.0. The van der Waals surface area contributed by atoms with Crippen molar-refractivity contribution < 1.29 is 18.0 Å². The Bertz CT molecular complexity index is 1160. The van der Waals surface area contributed by atoms with Crippen molar-refractivity contribution in [3.63, 3.8) is 0 Å². The molecule has 0 bridgehead atoms. The van der Waals surface area contributed by atoms with Crippen LogP contribution in [0.5, 0.6) is 0 Å². The number of hydrogen-bond acceptors (Lipinski definition) is 4. The van der Waals surface area contributed by atoms with Gasteiger partial charge < -0.3 is 10.2 Å². The van der Waals surface area contributed by atoms with E-state index in [1.54, 1.807) is 37.3 Å². The summed E-state index contributed by atoms with van der Waals surface area (Å²) in [6.45, 7) is 7.54. The van der Waals surface area contributed by atoms with Crippen LogP contribution >= 0.6 is 23.2 Å². The van der Waals surface area contributed by atoms with Gasteiger partial charge in [-0.1, -0.05) is 68.2 Å². The number of para-hydroxylation sites is 1. The Morgan fingerprint density at radius 3 is 2.26 bits per heavy atom. The van der Waals surface area contributed by atoms with Crippen molar-refractivity contribution >= 4 is 50.7 Å². The molecule has 1 N–H and O–H groups in total. The fourth-order valence-corrected chi connectivity index (χ4v) is 4.72. The van der Waals surface area contributed by atoms with Crippen molar-refractivity contribution in [2.45, 2.75) is 46.7 Å². The van der Waals surface area contributed by atoms with Crippen molar-refractivity contribution in [1.29, 1.82) is 0 Å². The Kier molecular flexibility index (Phi) is 10.4. The zero-order chi connectivity index (χ0) is 26.3. The monoisotopic (exact) mass is 541 g/mol. The molecule has 0 aliphatic rings. The quantitative estimate of drug-likeness (QED) is 0.453. The number of benzene rings is 2. The lowest BCUT2D eigenvalue weighted by Gasteiger charge is -2.32. The summed E-state index contributed by atoms with van der Waals surface area (Å²) >= 11 is 12.2. The second-order valence-electron chi connectivity index (χ2n) is 8.84. The lowest BCUT2D eigenvalue weighted by Crippen LogP contribution is -2.51. The van der Waals surface area contributed by atoms with E-state index in [4.69, 9.17) is 23.2 Å². The fraction of sp³-hybridized carbons (Fsp3) is 0.440. The molecule has 0 saturated heterocycles. The highest BCUT2D eigenvalue weighted by Gasteiger charge is 2.30. The van der Waals surface area contributed by atoms with Crippen molar-refractivity contribution in [2.75, 3.05) is 23.7 Å². The van der Waals surface area contributed by atoms with Crippen LogP contribution in [0.15, 0.2) is 42.5 Å². The van der Waals surface area contributed by atoms with Gasteiger partial charge >= 0.3 is 0 Å². The van der Waals surface area contributed by atoms with E-state index in [2.05, 4.69) is 5.32 Å². The number of anilines is 1. The fourth-order valence-electron chi connectivity index (χ4n) is 3.52. The lowest BCUT2D eigenvalue weighted by molar-refractivity contribution is -0.139. The maximum Gasteiger partial charge on any atom is 0.244 e. The number of aryl methyl sites for hydroxylation is 1. The molecule has 0 unspecified atom stereocenters. The minimum Gasteiger partial charge on any atom is -0.354 e. The van der Waals surface area contributed by atoms with Gasteiger partial charge in [0.05, 0.1) is 22.0 Å². The molecule has 0 aliphatic heterocycles. The Labute approximate surface area is 218 Å². The molecule has 2 amide bonds. The van der Waals surface area contributed by atoms with Crippen molar-refractivity contribution in [3.05, 3.63) is 63.6 Å². The third kappa shape index (κ3) is 8.12. The van der Waals surface area contributed by atoms with Crippen LogP contribution in [0.25, 0.3) is 0 Å². The highest BCUT2D eigenvalue weighted by molar-refractivity contribution is 7.92. The second-order valence-corrected chi connectivity index (χ2v) is 11.6. The van der Waals surface area contributed by atoms with Crippen LogP contribution in [0.4, 0.5) is 5.69 Å². The molecule has 192 valence electrons. The van der Waals surface area contributed by atoms with E-state index in [9.17, 15) is 18.0 Å². The molecule has 0 aromatic heterocycles. The predicted octanol–water partition coefficient (Wildman–Crippen LogP) is 4.51. The number of nitrogens with zero attached hydrogens (tertiary/aromatic N) is 2. The summed E-state index contributed by atoms with van der Waals surface area (Å²) < 4.78 is 26.5. The van der Waals surface area contributed by atoms with E-state index in [1.165, 1.54) is 4.90 Å². The lowest BCUT2D eigenvalue weighted by atomic mass is 10.1. The third-order valence-electron chi connectivity index (χ3n) is 5.51. The normalized spacial score (nSPS) is 12.3. The molecule has 35 heavy (non-hydrogen) atoms. The zero-order valence-electron chi connectivity index (χ0n) is 20.7. The van der Waals surface area contributed by atoms with Gasteiger partial charge in [-0.05, 0) is 48.6 Å². The molecule has 10 heteroatoms. The Balaban J connectivity index is 2.43. The molecule has 2 aromatic rings. The average Bonchev–Trinajstić information content (AvgIpc) is 2.80. The molecule has 0 saturated carbocycles. The van der Waals surface area contributed by atoms with Gasteiger partial charge in [-0.25, -0.2) is 8.42 Å². The summed E-state index contributed by atoms with van der Waals surface area (Å²) in [5.41, 5.74) is 1.90. The minimum atomic E-state index is -3.79. The van der Waals surface area contributed by atoms with E-state index in [0.717, 1.165) is 16.1 Å². The number of amides is 2. The Morgan fingerprint density at radius 1 is 1.03 bits per heavy atom. The number of halogens is 2. The number of hydrogen-bond donors (Lipinski definition) is 1. The first-order chi connectivity index (χ1) is 16.3. The number of carbonyl (C=O) groups is 2. The van der Waals surface area contributed by atoms with Crippen LogP contribution in [0.1, 0.15) is 38.8 Å². The van der Waals surface area contributed by atoms with Gasteiger partial charge in [0.2, 0.25) is 21.8 Å². The van der Waals surface area contributed by atoms with Gasteiger partial charge in [-0.15, -0.1) is 0 Å². The van der Waals surface area contributed by atoms with E-state index < -0.39 is 28.5 Å². The van der Waals surface area contributed by atoms with Crippen LogP contribution in [0, 0.1) is 5.92 Å². The maximum atomic E-state index is 13.6. The average molecular weight is 543 g/mol. The molecular weight excluding hydrogens is 509 g/mol. The first-order valence-electron chi connectivity index (χ1n) is 11.4. The first kappa shape index (κ1) is 28.9. The highest BCUT2D eigenvalue weighted by Crippen LogP contribution is 2.26. The van der Waals surface area contributed by atoms with Gasteiger partial charge in [0, 0.05) is 13.1 Å². The van der Waals surface area contributed by atoms with Crippen LogP contribution in [-0.4, -0.2) is 50.5 Å². The molecule has 0 aliphatic carbocycles. The summed E-state index contributed by atoms with van der Waals surface area (Å²) in [4.78, 5) is 27.8. The van der Waals surface area contributed by atoms with Crippen molar-refractivity contribution in [1.82, 2.24) is 10.2 Å². The molecule has 1 atom stereocenters. The van der Waals surface area contributed by atoms with Gasteiger partial charge in [0.1, 0.15) is 12.6 Å². The molecule has 0 spiro atoms. The highest BCUT2D eigenvalue weighted by atomic mass is 35.5. The maximum absolute atomic E-state index is 13.6. The molecule has 7 nitrogen and oxygen atoms in total. The Morgan fingerprint density at radius 2 is 1.69 bits per heavy atom. The molecule has 0 heterocycles.